The number of benzene rings is 2. The minimum absolute atomic E-state index is 0.0538. The molecule has 34 heavy (non-hydrogen) atoms. The summed E-state index contributed by atoms with van der Waals surface area (Å²) < 4.78 is 34.9. The first kappa shape index (κ1) is 21.9. The zero-order valence-corrected chi connectivity index (χ0v) is 19.0. The molecule has 1 saturated heterocycles. The molecule has 0 spiro atoms. The van der Waals surface area contributed by atoms with Crippen LogP contribution in [0.3, 0.4) is 0 Å². The van der Waals surface area contributed by atoms with Gasteiger partial charge in [0.25, 0.3) is 11.8 Å². The van der Waals surface area contributed by atoms with E-state index in [2.05, 4.69) is 10.6 Å². The number of ether oxygens (including phenoxy) is 1. The van der Waals surface area contributed by atoms with Crippen molar-refractivity contribution in [2.45, 2.75) is 23.9 Å². The topological polar surface area (TPSA) is 161 Å². The zero-order valence-electron chi connectivity index (χ0n) is 18.2. The van der Waals surface area contributed by atoms with Crippen LogP contribution in [-0.2, 0) is 26.9 Å². The number of aryl methyl sites for hydroxylation is 1. The van der Waals surface area contributed by atoms with E-state index < -0.39 is 27.5 Å². The molecule has 0 aliphatic carbocycles. The van der Waals surface area contributed by atoms with Gasteiger partial charge in [-0.05, 0) is 42.3 Å². The maximum absolute atomic E-state index is 13.1. The van der Waals surface area contributed by atoms with E-state index in [1.54, 1.807) is 31.2 Å². The number of methoxy groups -OCH3 is 1. The fourth-order valence-electron chi connectivity index (χ4n) is 4.43. The zero-order chi connectivity index (χ0) is 24.4. The molecule has 1 atom stereocenters. The summed E-state index contributed by atoms with van der Waals surface area (Å²) in [6.45, 7) is 1.60. The molecule has 4 amide bonds. The Hall–Kier alpha value is -3.90. The fraction of sp³-hybridized carbons (Fsp3) is 0.227. The number of urea groups is 1. The number of nitrogens with zero attached hydrogens (tertiary/aromatic N) is 1. The Balaban J connectivity index is 1.58. The van der Waals surface area contributed by atoms with Gasteiger partial charge in [0.2, 0.25) is 10.0 Å². The van der Waals surface area contributed by atoms with Gasteiger partial charge in [-0.15, -0.1) is 0 Å². The van der Waals surface area contributed by atoms with Gasteiger partial charge in [-0.1, -0.05) is 6.07 Å². The number of fused-ring (bicyclic) bond motifs is 2. The summed E-state index contributed by atoms with van der Waals surface area (Å²) in [7, 11) is -2.51. The average Bonchev–Trinajstić information content (AvgIpc) is 3.40. The van der Waals surface area contributed by atoms with E-state index in [0.717, 1.165) is 5.56 Å². The lowest BCUT2D eigenvalue weighted by Gasteiger charge is -2.29. The van der Waals surface area contributed by atoms with Gasteiger partial charge in [-0.25, -0.2) is 18.4 Å². The van der Waals surface area contributed by atoms with Crippen LogP contribution in [0.25, 0.3) is 11.0 Å². The third-order valence-electron chi connectivity index (χ3n) is 6.11. The number of hydrogen-bond acceptors (Lipinski definition) is 7. The smallest absolute Gasteiger partial charge is 0.322 e. The van der Waals surface area contributed by atoms with Crippen molar-refractivity contribution in [1.82, 2.24) is 15.5 Å². The fourth-order valence-corrected chi connectivity index (χ4v) is 5.21. The highest BCUT2D eigenvalue weighted by Crippen LogP contribution is 2.36. The highest BCUT2D eigenvalue weighted by atomic mass is 32.2. The molecule has 1 aromatic heterocycles. The van der Waals surface area contributed by atoms with E-state index in [4.69, 9.17) is 14.3 Å². The minimum Gasteiger partial charge on any atom is -0.497 e. The van der Waals surface area contributed by atoms with Crippen LogP contribution in [0.4, 0.5) is 4.79 Å². The third-order valence-corrected chi connectivity index (χ3v) is 7.16. The second-order valence-electron chi connectivity index (χ2n) is 8.31. The molecule has 3 aromatic rings. The molecule has 2 aromatic carbocycles. The number of hydrogen-bond donors (Lipinski definition) is 3. The molecule has 2 aliphatic rings. The Bertz CT molecular complexity index is 1510. The molecule has 2 aliphatic heterocycles. The van der Waals surface area contributed by atoms with E-state index >= 15 is 0 Å². The summed E-state index contributed by atoms with van der Waals surface area (Å²) in [6, 6.07) is 8.76. The number of imide groups is 1. The monoisotopic (exact) mass is 484 g/mol. The van der Waals surface area contributed by atoms with Gasteiger partial charge >= 0.3 is 6.03 Å². The lowest BCUT2D eigenvalue weighted by molar-refractivity contribution is -0.125. The summed E-state index contributed by atoms with van der Waals surface area (Å²) in [5.41, 5.74) is 0.0446. The van der Waals surface area contributed by atoms with Crippen molar-refractivity contribution in [2.75, 3.05) is 13.7 Å². The maximum atomic E-state index is 13.1. The van der Waals surface area contributed by atoms with Gasteiger partial charge in [0.15, 0.2) is 5.54 Å². The van der Waals surface area contributed by atoms with Crippen molar-refractivity contribution in [3.8, 4) is 5.75 Å². The van der Waals surface area contributed by atoms with Crippen LogP contribution in [-0.4, -0.2) is 44.8 Å². The molecule has 11 nitrogen and oxygen atoms in total. The summed E-state index contributed by atoms with van der Waals surface area (Å²) in [5.74, 6) is -0.445. The SMILES string of the molecule is COc1ccc2c(c1)C(=O)N(C[C@@]1(c3cc4cc(C)c(S(N)(=O)=O)cc4o3)NC(=O)NC1=O)C2. The average molecular weight is 484 g/mol. The highest BCUT2D eigenvalue weighted by molar-refractivity contribution is 7.89. The van der Waals surface area contributed by atoms with Crippen LogP contribution < -0.4 is 20.5 Å². The summed E-state index contributed by atoms with van der Waals surface area (Å²) in [6.07, 6.45) is 0. The third kappa shape index (κ3) is 3.30. The number of carbonyl (C=O) groups is 3. The predicted molar refractivity (Wildman–Crippen MR) is 118 cm³/mol. The van der Waals surface area contributed by atoms with Gasteiger partial charge in [0.1, 0.15) is 17.1 Å². The first-order valence-corrected chi connectivity index (χ1v) is 11.7. The number of amides is 4. The molecule has 1 fully saturated rings. The van der Waals surface area contributed by atoms with Crippen molar-refractivity contribution in [2.24, 2.45) is 5.14 Å². The number of sulfonamides is 1. The van der Waals surface area contributed by atoms with E-state index in [1.165, 1.54) is 24.1 Å². The number of nitrogens with two attached hydrogens (primary N) is 1. The maximum Gasteiger partial charge on any atom is 0.322 e. The number of rotatable bonds is 5. The minimum atomic E-state index is -4.00. The summed E-state index contributed by atoms with van der Waals surface area (Å²) in [5, 5.41) is 10.6. The van der Waals surface area contributed by atoms with E-state index in [9.17, 15) is 22.8 Å². The Labute approximate surface area is 193 Å². The van der Waals surface area contributed by atoms with Crippen molar-refractivity contribution in [3.05, 3.63) is 58.8 Å². The van der Waals surface area contributed by atoms with Crippen LogP contribution in [0.5, 0.6) is 5.75 Å². The molecule has 0 saturated carbocycles. The molecule has 5 rings (SSSR count). The molecule has 0 unspecified atom stereocenters. The Kier molecular flexibility index (Phi) is 4.71. The molecule has 0 bridgehead atoms. The number of primary sulfonamides is 1. The second kappa shape index (κ2) is 7.30. The van der Waals surface area contributed by atoms with Crippen LogP contribution in [0.1, 0.15) is 27.2 Å². The largest absolute Gasteiger partial charge is 0.497 e. The normalized spacial score (nSPS) is 20.0. The summed E-state index contributed by atoms with van der Waals surface area (Å²) in [4.78, 5) is 39.6. The molecule has 4 N–H and O–H groups in total. The van der Waals surface area contributed by atoms with Crippen molar-refractivity contribution >= 4 is 38.8 Å². The Morgan fingerprint density at radius 2 is 1.94 bits per heavy atom. The van der Waals surface area contributed by atoms with E-state index in [-0.39, 0.29) is 35.2 Å². The lowest BCUT2D eigenvalue weighted by atomic mass is 9.95. The second-order valence-corrected chi connectivity index (χ2v) is 9.84. The van der Waals surface area contributed by atoms with Gasteiger partial charge in [0, 0.05) is 23.6 Å². The quantitative estimate of drug-likeness (QED) is 0.457. The molecule has 3 heterocycles. The standard InChI is InChI=1S/C22H20N4O7S/c1-11-5-13-6-18(33-16(13)8-17(11)34(23,30)31)22(20(28)24-21(29)25-22)10-26-9-12-3-4-14(32-2)7-15(12)19(26)27/h3-8H,9-10H2,1-2H3,(H2,23,30,31)(H2,24,25,28,29)/t22-/m0/s1. The predicted octanol–water partition coefficient (Wildman–Crippen LogP) is 1.09. The molecule has 12 heteroatoms. The molecular formula is C22H20N4O7S. The number of nitrogens with one attached hydrogen (secondary N) is 2. The van der Waals surface area contributed by atoms with E-state index in [0.29, 0.717) is 22.3 Å². The molecule has 176 valence electrons. The Morgan fingerprint density at radius 3 is 2.59 bits per heavy atom. The molecular weight excluding hydrogens is 464 g/mol. The van der Waals surface area contributed by atoms with Gasteiger partial charge in [0.05, 0.1) is 18.6 Å². The first-order chi connectivity index (χ1) is 16.0. The van der Waals surface area contributed by atoms with E-state index in [1.807, 2.05) is 0 Å². The van der Waals surface area contributed by atoms with Gasteiger partial charge in [-0.2, -0.15) is 0 Å². The lowest BCUT2D eigenvalue weighted by Crippen LogP contribution is -2.52. The van der Waals surface area contributed by atoms with Crippen LogP contribution in [0.15, 0.2) is 45.7 Å². The van der Waals surface area contributed by atoms with Gasteiger partial charge < -0.3 is 19.4 Å². The Morgan fingerprint density at radius 1 is 1.18 bits per heavy atom. The highest BCUT2D eigenvalue weighted by Gasteiger charge is 2.53. The van der Waals surface area contributed by atoms with Gasteiger partial charge in [-0.3, -0.25) is 14.9 Å². The van der Waals surface area contributed by atoms with Crippen LogP contribution in [0, 0.1) is 6.92 Å². The number of carbonyl (C=O) groups excluding carboxylic acids is 3. The first-order valence-electron chi connectivity index (χ1n) is 10.2. The van der Waals surface area contributed by atoms with Crippen molar-refractivity contribution in [1.29, 1.82) is 0 Å². The van der Waals surface area contributed by atoms with Crippen LogP contribution in [0.2, 0.25) is 0 Å². The number of furan rings is 1. The van der Waals surface area contributed by atoms with Crippen LogP contribution >= 0.6 is 0 Å². The summed E-state index contributed by atoms with van der Waals surface area (Å²) >= 11 is 0. The molecule has 0 radical (unpaired) electrons. The van der Waals surface area contributed by atoms with Crippen molar-refractivity contribution in [3.63, 3.8) is 0 Å². The van der Waals surface area contributed by atoms with Crippen molar-refractivity contribution < 1.29 is 32.0 Å².